The number of hydrogen-bond acceptors (Lipinski definition) is 6. The van der Waals surface area contributed by atoms with E-state index < -0.39 is 10.8 Å². The molecule has 1 aliphatic rings. The first-order valence-corrected chi connectivity index (χ1v) is 11.0. The molecule has 1 heterocycles. The van der Waals surface area contributed by atoms with Gasteiger partial charge in [0.2, 0.25) is 0 Å². The summed E-state index contributed by atoms with van der Waals surface area (Å²) in [6.45, 7) is 2.30. The van der Waals surface area contributed by atoms with Crippen molar-refractivity contribution in [3.8, 4) is 0 Å². The molecule has 1 aromatic heterocycles. The fourth-order valence-electron chi connectivity index (χ4n) is 3.96. The van der Waals surface area contributed by atoms with Gasteiger partial charge in [0, 0.05) is 41.8 Å². The molecule has 34 heavy (non-hydrogen) atoms. The standard InChI is InChI=1S/C25H24N4O5/c1-16-22-20(27-28-24(30)18-10-12-19(13-11-18)29(32)33)8-5-9-21(22)34-23(16)25(31)26-15-14-17-6-3-2-4-7-17/h2-4,6-7,10-13H,5,8-9,14-15H2,1H3,(H,26,31)(H,28,30)/b27-20+. The molecule has 0 atom stereocenters. The minimum Gasteiger partial charge on any atom is -0.455 e. The van der Waals surface area contributed by atoms with E-state index in [1.165, 1.54) is 24.3 Å². The fourth-order valence-corrected chi connectivity index (χ4v) is 3.96. The molecular formula is C25H24N4O5. The molecule has 9 heteroatoms. The van der Waals surface area contributed by atoms with Crippen molar-refractivity contribution in [3.63, 3.8) is 0 Å². The number of carbonyl (C=O) groups is 2. The number of nitrogens with zero attached hydrogens (tertiary/aromatic N) is 2. The Hall–Kier alpha value is -4.27. The van der Waals surface area contributed by atoms with E-state index in [-0.39, 0.29) is 22.9 Å². The smallest absolute Gasteiger partial charge is 0.287 e. The van der Waals surface area contributed by atoms with Gasteiger partial charge in [-0.05, 0) is 43.9 Å². The van der Waals surface area contributed by atoms with Gasteiger partial charge in [-0.2, -0.15) is 5.10 Å². The first-order valence-electron chi connectivity index (χ1n) is 11.0. The molecule has 1 aliphatic carbocycles. The van der Waals surface area contributed by atoms with Crippen LogP contribution in [0.15, 0.2) is 64.1 Å². The zero-order valence-corrected chi connectivity index (χ0v) is 18.7. The van der Waals surface area contributed by atoms with Gasteiger partial charge >= 0.3 is 0 Å². The average molecular weight is 460 g/mol. The number of benzene rings is 2. The molecule has 2 amide bonds. The van der Waals surface area contributed by atoms with Crippen LogP contribution in [0.4, 0.5) is 5.69 Å². The van der Waals surface area contributed by atoms with Gasteiger partial charge in [0.1, 0.15) is 5.76 Å². The third-order valence-electron chi connectivity index (χ3n) is 5.71. The van der Waals surface area contributed by atoms with Gasteiger partial charge in [0.25, 0.3) is 17.5 Å². The van der Waals surface area contributed by atoms with E-state index in [4.69, 9.17) is 4.42 Å². The van der Waals surface area contributed by atoms with E-state index in [0.717, 1.165) is 17.5 Å². The number of non-ortho nitro benzene ring substituents is 1. The molecule has 0 unspecified atom stereocenters. The van der Waals surface area contributed by atoms with Crippen LogP contribution in [0.25, 0.3) is 0 Å². The van der Waals surface area contributed by atoms with Crippen molar-refractivity contribution >= 4 is 23.2 Å². The van der Waals surface area contributed by atoms with E-state index >= 15 is 0 Å². The highest BCUT2D eigenvalue weighted by Crippen LogP contribution is 2.30. The summed E-state index contributed by atoms with van der Waals surface area (Å²) in [6.07, 6.45) is 2.81. The van der Waals surface area contributed by atoms with Crippen molar-refractivity contribution < 1.29 is 18.9 Å². The predicted molar refractivity (Wildman–Crippen MR) is 126 cm³/mol. The van der Waals surface area contributed by atoms with Crippen molar-refractivity contribution in [1.82, 2.24) is 10.7 Å². The van der Waals surface area contributed by atoms with E-state index in [0.29, 0.717) is 42.8 Å². The van der Waals surface area contributed by atoms with Crippen molar-refractivity contribution in [3.05, 3.63) is 98.5 Å². The second-order valence-electron chi connectivity index (χ2n) is 8.00. The average Bonchev–Trinajstić information content (AvgIpc) is 3.20. The van der Waals surface area contributed by atoms with Crippen LogP contribution in [0, 0.1) is 17.0 Å². The van der Waals surface area contributed by atoms with Crippen LogP contribution in [-0.4, -0.2) is 29.0 Å². The largest absolute Gasteiger partial charge is 0.455 e. The number of carbonyl (C=O) groups excluding carboxylic acids is 2. The number of fused-ring (bicyclic) bond motifs is 1. The molecule has 0 saturated heterocycles. The van der Waals surface area contributed by atoms with Gasteiger partial charge in [-0.15, -0.1) is 0 Å². The lowest BCUT2D eigenvalue weighted by atomic mass is 9.93. The Kier molecular flexibility index (Phi) is 6.82. The van der Waals surface area contributed by atoms with E-state index in [1.807, 2.05) is 37.3 Å². The van der Waals surface area contributed by atoms with Crippen LogP contribution in [-0.2, 0) is 12.8 Å². The van der Waals surface area contributed by atoms with E-state index in [2.05, 4.69) is 15.8 Å². The summed E-state index contributed by atoms with van der Waals surface area (Å²) in [5, 5.41) is 18.0. The summed E-state index contributed by atoms with van der Waals surface area (Å²) in [5.74, 6) is 0.182. The van der Waals surface area contributed by atoms with Crippen molar-refractivity contribution in [2.24, 2.45) is 5.10 Å². The topological polar surface area (TPSA) is 127 Å². The summed E-state index contributed by atoms with van der Waals surface area (Å²) in [7, 11) is 0. The van der Waals surface area contributed by atoms with Gasteiger partial charge in [-0.3, -0.25) is 19.7 Å². The summed E-state index contributed by atoms with van der Waals surface area (Å²) in [4.78, 5) is 35.4. The van der Waals surface area contributed by atoms with Crippen molar-refractivity contribution in [1.29, 1.82) is 0 Å². The molecule has 0 fully saturated rings. The Morgan fingerprint density at radius 1 is 1.06 bits per heavy atom. The maximum Gasteiger partial charge on any atom is 0.287 e. The third kappa shape index (κ3) is 5.03. The first-order chi connectivity index (χ1) is 16.4. The van der Waals surface area contributed by atoms with Crippen LogP contribution in [0.5, 0.6) is 0 Å². The highest BCUT2D eigenvalue weighted by Gasteiger charge is 2.28. The molecule has 9 nitrogen and oxygen atoms in total. The monoisotopic (exact) mass is 460 g/mol. The van der Waals surface area contributed by atoms with Crippen LogP contribution in [0.1, 0.15) is 56.2 Å². The molecule has 0 saturated carbocycles. The molecule has 0 aliphatic heterocycles. The number of aryl methyl sites for hydroxylation is 1. The molecule has 2 aromatic carbocycles. The highest BCUT2D eigenvalue weighted by atomic mass is 16.6. The Morgan fingerprint density at radius 2 is 1.79 bits per heavy atom. The molecule has 4 rings (SSSR count). The zero-order chi connectivity index (χ0) is 24.1. The summed E-state index contributed by atoms with van der Waals surface area (Å²) in [6, 6.07) is 15.2. The molecule has 3 aromatic rings. The SMILES string of the molecule is Cc1c(C(=O)NCCc2ccccc2)oc2c1/C(=N/NC(=O)c1ccc([N+](=O)[O-])cc1)CCC2. The summed E-state index contributed by atoms with van der Waals surface area (Å²) < 4.78 is 5.89. The Balaban J connectivity index is 1.45. The lowest BCUT2D eigenvalue weighted by Gasteiger charge is -2.13. The van der Waals surface area contributed by atoms with Crippen molar-refractivity contribution in [2.45, 2.75) is 32.6 Å². The third-order valence-corrected chi connectivity index (χ3v) is 5.71. The van der Waals surface area contributed by atoms with Gasteiger partial charge in [-0.25, -0.2) is 5.43 Å². The van der Waals surface area contributed by atoms with E-state index in [9.17, 15) is 19.7 Å². The van der Waals surface area contributed by atoms with Crippen LogP contribution >= 0.6 is 0 Å². The number of hydrazone groups is 1. The zero-order valence-electron chi connectivity index (χ0n) is 18.7. The molecule has 2 N–H and O–H groups in total. The molecule has 174 valence electrons. The lowest BCUT2D eigenvalue weighted by molar-refractivity contribution is -0.384. The first kappa shape index (κ1) is 22.9. The number of nitro benzene ring substituents is 1. The fraction of sp³-hybridized carbons (Fsp3) is 0.240. The minimum absolute atomic E-state index is 0.0941. The van der Waals surface area contributed by atoms with Crippen LogP contribution in [0.3, 0.4) is 0 Å². The Morgan fingerprint density at radius 3 is 2.50 bits per heavy atom. The lowest BCUT2D eigenvalue weighted by Crippen LogP contribution is -2.26. The number of furan rings is 1. The predicted octanol–water partition coefficient (Wildman–Crippen LogP) is 3.94. The second-order valence-corrected chi connectivity index (χ2v) is 8.00. The number of rotatable bonds is 7. The minimum atomic E-state index is -0.525. The van der Waals surface area contributed by atoms with Gasteiger partial charge in [0.15, 0.2) is 5.76 Å². The van der Waals surface area contributed by atoms with Crippen LogP contribution < -0.4 is 10.7 Å². The molecule has 0 bridgehead atoms. The Bertz CT molecular complexity index is 1250. The number of nitro groups is 1. The molecular weight excluding hydrogens is 436 g/mol. The van der Waals surface area contributed by atoms with Gasteiger partial charge < -0.3 is 9.73 Å². The molecule has 0 spiro atoms. The van der Waals surface area contributed by atoms with Crippen molar-refractivity contribution in [2.75, 3.05) is 6.54 Å². The van der Waals surface area contributed by atoms with Gasteiger partial charge in [-0.1, -0.05) is 30.3 Å². The normalized spacial score (nSPS) is 13.9. The summed E-state index contributed by atoms with van der Waals surface area (Å²) in [5.41, 5.74) is 5.90. The quantitative estimate of drug-likeness (QED) is 0.408. The van der Waals surface area contributed by atoms with E-state index in [1.54, 1.807) is 0 Å². The molecule has 0 radical (unpaired) electrons. The number of nitrogens with one attached hydrogen (secondary N) is 2. The number of amides is 2. The highest BCUT2D eigenvalue weighted by molar-refractivity contribution is 6.07. The summed E-state index contributed by atoms with van der Waals surface area (Å²) >= 11 is 0. The number of hydrogen-bond donors (Lipinski definition) is 2. The maximum atomic E-state index is 12.7. The second kappa shape index (κ2) is 10.1. The maximum absolute atomic E-state index is 12.7. The van der Waals surface area contributed by atoms with Crippen LogP contribution in [0.2, 0.25) is 0 Å². The van der Waals surface area contributed by atoms with Gasteiger partial charge in [0.05, 0.1) is 10.6 Å². The Labute approximate surface area is 196 Å².